The molecule has 0 saturated heterocycles. The Bertz CT molecular complexity index is 233. The fourth-order valence-electron chi connectivity index (χ4n) is 1.01. The van der Waals surface area contributed by atoms with Gasteiger partial charge < -0.3 is 5.73 Å². The Morgan fingerprint density at radius 3 is 2.36 bits per heavy atom. The van der Waals surface area contributed by atoms with E-state index < -0.39 is 10.2 Å². The van der Waals surface area contributed by atoms with Crippen LogP contribution >= 0.6 is 0 Å². The van der Waals surface area contributed by atoms with Gasteiger partial charge in [0, 0.05) is 5.54 Å². The van der Waals surface area contributed by atoms with Crippen molar-refractivity contribution in [3.8, 4) is 0 Å². The molecule has 0 aromatic rings. The first-order valence-electron chi connectivity index (χ1n) is 3.63. The average molecular weight is 181 g/mol. The van der Waals surface area contributed by atoms with Crippen LogP contribution in [0, 0.1) is 0 Å². The van der Waals surface area contributed by atoms with Gasteiger partial charge in [-0.05, 0) is 25.7 Å². The Labute approximate surface area is 66.0 Å². The summed E-state index contributed by atoms with van der Waals surface area (Å²) in [6.45, 7) is 0. The molecule has 0 aliphatic heterocycles. The van der Waals surface area contributed by atoms with Crippen LogP contribution in [0.1, 0.15) is 25.7 Å². The molecule has 0 radical (unpaired) electrons. The van der Waals surface area contributed by atoms with E-state index in [1.807, 2.05) is 0 Å². The van der Waals surface area contributed by atoms with Gasteiger partial charge in [0.25, 0.3) is 0 Å². The van der Waals surface area contributed by atoms with Crippen LogP contribution in [0.2, 0.25) is 0 Å². The van der Waals surface area contributed by atoms with E-state index in [1.165, 1.54) is 0 Å². The zero-order chi connectivity index (χ0) is 8.54. The van der Waals surface area contributed by atoms with Gasteiger partial charge in [-0.1, -0.05) is 0 Å². The van der Waals surface area contributed by atoms with Crippen molar-refractivity contribution in [3.63, 3.8) is 0 Å². The van der Waals surface area contributed by atoms with Crippen molar-refractivity contribution in [1.82, 2.24) is 0 Å². The topological polar surface area (TPSA) is 60.2 Å². The molecule has 0 spiro atoms. The molecule has 1 saturated carbocycles. The number of halogens is 1. The minimum absolute atomic E-state index is 0.162. The molecule has 0 aromatic heterocycles. The predicted octanol–water partition coefficient (Wildman–Crippen LogP) is 0.557. The first kappa shape index (κ1) is 8.93. The first-order valence-corrected chi connectivity index (χ1v) is 5.18. The highest BCUT2D eigenvalue weighted by atomic mass is 32.3. The lowest BCUT2D eigenvalue weighted by Crippen LogP contribution is -2.22. The van der Waals surface area contributed by atoms with E-state index in [-0.39, 0.29) is 11.3 Å². The second kappa shape index (κ2) is 2.71. The molecular formula is C6H12FNO2S. The van der Waals surface area contributed by atoms with Crippen molar-refractivity contribution < 1.29 is 12.3 Å². The molecule has 0 bridgehead atoms. The molecule has 0 amide bonds. The second-order valence-corrected chi connectivity index (χ2v) is 4.69. The second-order valence-electron chi connectivity index (χ2n) is 3.21. The lowest BCUT2D eigenvalue weighted by Gasteiger charge is -2.04. The number of hydrogen-bond donors (Lipinski definition) is 1. The minimum atomic E-state index is -4.27. The van der Waals surface area contributed by atoms with Crippen molar-refractivity contribution in [1.29, 1.82) is 0 Å². The molecule has 66 valence electrons. The van der Waals surface area contributed by atoms with Crippen LogP contribution in [-0.2, 0) is 10.2 Å². The SMILES string of the molecule is NC1(CCCS(=O)(=O)F)CC1. The van der Waals surface area contributed by atoms with Crippen LogP contribution in [-0.4, -0.2) is 19.7 Å². The summed E-state index contributed by atoms with van der Waals surface area (Å²) in [5.41, 5.74) is 5.50. The highest BCUT2D eigenvalue weighted by molar-refractivity contribution is 7.86. The lowest BCUT2D eigenvalue weighted by atomic mass is 10.1. The van der Waals surface area contributed by atoms with Gasteiger partial charge in [0.1, 0.15) is 0 Å². The fourth-order valence-corrected chi connectivity index (χ4v) is 1.50. The van der Waals surface area contributed by atoms with Crippen LogP contribution in [0.15, 0.2) is 0 Å². The fraction of sp³-hybridized carbons (Fsp3) is 1.00. The quantitative estimate of drug-likeness (QED) is 0.644. The summed E-state index contributed by atoms with van der Waals surface area (Å²) < 4.78 is 32.0. The van der Waals surface area contributed by atoms with Crippen LogP contribution in [0.25, 0.3) is 0 Å². The average Bonchev–Trinajstić information content (AvgIpc) is 2.44. The van der Waals surface area contributed by atoms with E-state index in [9.17, 15) is 12.3 Å². The highest BCUT2D eigenvalue weighted by Crippen LogP contribution is 2.36. The normalized spacial score (nSPS) is 21.6. The van der Waals surface area contributed by atoms with Gasteiger partial charge in [-0.15, -0.1) is 3.89 Å². The van der Waals surface area contributed by atoms with Crippen molar-refractivity contribution in [2.75, 3.05) is 5.75 Å². The summed E-state index contributed by atoms with van der Waals surface area (Å²) >= 11 is 0. The molecule has 2 N–H and O–H groups in total. The molecule has 3 nitrogen and oxygen atoms in total. The maximum Gasteiger partial charge on any atom is 0.302 e. The molecular weight excluding hydrogens is 169 g/mol. The van der Waals surface area contributed by atoms with Crippen molar-refractivity contribution in [2.45, 2.75) is 31.2 Å². The molecule has 5 heteroatoms. The Balaban J connectivity index is 2.15. The molecule has 1 aliphatic carbocycles. The highest BCUT2D eigenvalue weighted by Gasteiger charge is 2.37. The standard InChI is InChI=1S/C6H12FNO2S/c7-11(9,10)5-1-2-6(8)3-4-6/h1-5,8H2. The Hall–Kier alpha value is -0.160. The number of rotatable bonds is 4. The summed E-state index contributed by atoms with van der Waals surface area (Å²) in [4.78, 5) is 0. The molecule has 0 unspecified atom stereocenters. The molecule has 11 heavy (non-hydrogen) atoms. The van der Waals surface area contributed by atoms with Gasteiger partial charge in [0.15, 0.2) is 0 Å². The summed E-state index contributed by atoms with van der Waals surface area (Å²) in [5, 5.41) is 0. The summed E-state index contributed by atoms with van der Waals surface area (Å²) in [6, 6.07) is 0. The Kier molecular flexibility index (Phi) is 2.20. The zero-order valence-electron chi connectivity index (χ0n) is 6.22. The van der Waals surface area contributed by atoms with Crippen LogP contribution in [0.4, 0.5) is 3.89 Å². The Morgan fingerprint density at radius 1 is 1.45 bits per heavy atom. The summed E-state index contributed by atoms with van der Waals surface area (Å²) in [7, 11) is -4.27. The van der Waals surface area contributed by atoms with Gasteiger partial charge >= 0.3 is 10.2 Å². The third-order valence-corrected chi connectivity index (χ3v) is 2.73. The molecule has 0 atom stereocenters. The smallest absolute Gasteiger partial charge is 0.302 e. The van der Waals surface area contributed by atoms with Gasteiger partial charge in [-0.2, -0.15) is 8.42 Å². The third kappa shape index (κ3) is 3.67. The summed E-state index contributed by atoms with van der Waals surface area (Å²) in [6.07, 6.45) is 2.85. The summed E-state index contributed by atoms with van der Waals surface area (Å²) in [5.74, 6) is -0.383. The van der Waals surface area contributed by atoms with E-state index in [0.29, 0.717) is 12.8 Å². The van der Waals surface area contributed by atoms with Gasteiger partial charge in [-0.25, -0.2) is 0 Å². The van der Waals surface area contributed by atoms with Crippen molar-refractivity contribution in [3.05, 3.63) is 0 Å². The van der Waals surface area contributed by atoms with E-state index in [4.69, 9.17) is 5.73 Å². The zero-order valence-corrected chi connectivity index (χ0v) is 7.03. The monoisotopic (exact) mass is 181 g/mol. The van der Waals surface area contributed by atoms with E-state index in [1.54, 1.807) is 0 Å². The minimum Gasteiger partial charge on any atom is -0.325 e. The largest absolute Gasteiger partial charge is 0.325 e. The number of nitrogens with two attached hydrogens (primary N) is 1. The molecule has 1 rings (SSSR count). The maximum atomic E-state index is 11.9. The van der Waals surface area contributed by atoms with Crippen molar-refractivity contribution in [2.24, 2.45) is 5.73 Å². The van der Waals surface area contributed by atoms with Gasteiger partial charge in [0.05, 0.1) is 5.75 Å². The van der Waals surface area contributed by atoms with E-state index in [2.05, 4.69) is 0 Å². The predicted molar refractivity (Wildman–Crippen MR) is 40.3 cm³/mol. The maximum absolute atomic E-state index is 11.9. The third-order valence-electron chi connectivity index (χ3n) is 1.96. The van der Waals surface area contributed by atoms with Crippen molar-refractivity contribution >= 4 is 10.2 Å². The first-order chi connectivity index (χ1) is 4.91. The lowest BCUT2D eigenvalue weighted by molar-refractivity contribution is 0.538. The Morgan fingerprint density at radius 2 is 2.00 bits per heavy atom. The van der Waals surface area contributed by atoms with Gasteiger partial charge in [-0.3, -0.25) is 0 Å². The van der Waals surface area contributed by atoms with Crippen LogP contribution in [0.3, 0.4) is 0 Å². The molecule has 1 fully saturated rings. The molecule has 0 heterocycles. The van der Waals surface area contributed by atoms with Crippen LogP contribution < -0.4 is 5.73 Å². The van der Waals surface area contributed by atoms with E-state index >= 15 is 0 Å². The van der Waals surface area contributed by atoms with Crippen LogP contribution in [0.5, 0.6) is 0 Å². The van der Waals surface area contributed by atoms with E-state index in [0.717, 1.165) is 12.8 Å². The van der Waals surface area contributed by atoms with Gasteiger partial charge in [0.2, 0.25) is 0 Å². The number of hydrogen-bond acceptors (Lipinski definition) is 3. The molecule has 1 aliphatic rings. The molecule has 0 aromatic carbocycles.